The van der Waals surface area contributed by atoms with Gasteiger partial charge in [0.1, 0.15) is 4.99 Å². The number of hydrogen-bond donors (Lipinski definition) is 2. The molecule has 4 nitrogen and oxygen atoms in total. The Morgan fingerprint density at radius 1 is 1.00 bits per heavy atom. The third kappa shape index (κ3) is 3.79. The lowest BCUT2D eigenvalue weighted by Crippen LogP contribution is -2.14. The highest BCUT2D eigenvalue weighted by Crippen LogP contribution is 2.16. The van der Waals surface area contributed by atoms with Crippen LogP contribution in [0.3, 0.4) is 0 Å². The van der Waals surface area contributed by atoms with Crippen LogP contribution >= 0.6 is 12.2 Å². The van der Waals surface area contributed by atoms with Gasteiger partial charge in [-0.2, -0.15) is 0 Å². The minimum Gasteiger partial charge on any atom is -0.389 e. The predicted molar refractivity (Wildman–Crippen MR) is 91.1 cm³/mol. The molecular formula is C16H17N3OS. The SMILES string of the molecule is CN(C)c1ccc(NC(=O)c2ccc(C(N)=S)cc2)cc1. The van der Waals surface area contributed by atoms with Crippen LogP contribution < -0.4 is 16.0 Å². The van der Waals surface area contributed by atoms with Crippen LogP contribution in [0.25, 0.3) is 0 Å². The van der Waals surface area contributed by atoms with E-state index in [9.17, 15) is 4.79 Å². The fourth-order valence-corrected chi connectivity index (χ4v) is 1.97. The van der Waals surface area contributed by atoms with Crippen LogP contribution in [-0.4, -0.2) is 25.0 Å². The second-order valence-electron chi connectivity index (χ2n) is 4.84. The second-order valence-corrected chi connectivity index (χ2v) is 5.28. The summed E-state index contributed by atoms with van der Waals surface area (Å²) in [4.78, 5) is 14.4. The van der Waals surface area contributed by atoms with Gasteiger partial charge in [0.25, 0.3) is 5.91 Å². The van der Waals surface area contributed by atoms with Crippen molar-refractivity contribution in [1.29, 1.82) is 0 Å². The van der Waals surface area contributed by atoms with Gasteiger partial charge in [0.05, 0.1) is 0 Å². The zero-order valence-electron chi connectivity index (χ0n) is 12.0. The Morgan fingerprint density at radius 2 is 1.52 bits per heavy atom. The lowest BCUT2D eigenvalue weighted by Gasteiger charge is -2.13. The first-order valence-corrected chi connectivity index (χ1v) is 6.87. The van der Waals surface area contributed by atoms with Gasteiger partial charge in [0, 0.05) is 36.6 Å². The van der Waals surface area contributed by atoms with Gasteiger partial charge in [0.15, 0.2) is 0 Å². The number of carbonyl (C=O) groups is 1. The smallest absolute Gasteiger partial charge is 0.255 e. The van der Waals surface area contributed by atoms with E-state index in [4.69, 9.17) is 18.0 Å². The van der Waals surface area contributed by atoms with Crippen molar-refractivity contribution >= 4 is 34.5 Å². The van der Waals surface area contributed by atoms with Gasteiger partial charge in [-0.15, -0.1) is 0 Å². The molecule has 0 aliphatic carbocycles. The molecule has 5 heteroatoms. The minimum absolute atomic E-state index is 0.165. The lowest BCUT2D eigenvalue weighted by molar-refractivity contribution is 0.102. The third-order valence-corrected chi connectivity index (χ3v) is 3.31. The number of amides is 1. The summed E-state index contributed by atoms with van der Waals surface area (Å²) in [5.74, 6) is -0.165. The average molecular weight is 299 g/mol. The number of hydrogen-bond acceptors (Lipinski definition) is 3. The maximum absolute atomic E-state index is 12.1. The number of nitrogens with two attached hydrogens (primary N) is 1. The topological polar surface area (TPSA) is 58.4 Å². The van der Waals surface area contributed by atoms with Gasteiger partial charge >= 0.3 is 0 Å². The van der Waals surface area contributed by atoms with Crippen LogP contribution in [0.4, 0.5) is 11.4 Å². The molecule has 0 fully saturated rings. The summed E-state index contributed by atoms with van der Waals surface area (Å²) in [6.45, 7) is 0. The zero-order valence-corrected chi connectivity index (χ0v) is 12.8. The summed E-state index contributed by atoms with van der Waals surface area (Å²) in [6.07, 6.45) is 0. The first kappa shape index (κ1) is 15.0. The Hall–Kier alpha value is -2.40. The van der Waals surface area contributed by atoms with E-state index in [1.807, 2.05) is 43.3 Å². The van der Waals surface area contributed by atoms with Crippen molar-refractivity contribution in [2.45, 2.75) is 0 Å². The first-order chi connectivity index (χ1) is 9.97. The van der Waals surface area contributed by atoms with Gasteiger partial charge in [-0.05, 0) is 36.4 Å². The van der Waals surface area contributed by atoms with E-state index < -0.39 is 0 Å². The summed E-state index contributed by atoms with van der Waals surface area (Å²) in [5, 5.41) is 2.85. The van der Waals surface area contributed by atoms with Crippen LogP contribution in [0.2, 0.25) is 0 Å². The molecule has 0 radical (unpaired) electrons. The molecule has 0 spiro atoms. The molecule has 0 bridgehead atoms. The van der Waals surface area contributed by atoms with Crippen LogP contribution in [0, 0.1) is 0 Å². The second kappa shape index (κ2) is 6.37. The Kier molecular flexibility index (Phi) is 4.55. The molecule has 1 amide bonds. The standard InChI is InChI=1S/C16H17N3OS/c1-19(2)14-9-7-13(8-10-14)18-16(20)12-5-3-11(4-6-12)15(17)21/h3-10H,1-2H3,(H2,17,21)(H,18,20). The first-order valence-electron chi connectivity index (χ1n) is 6.46. The Bertz CT molecular complexity index is 648. The van der Waals surface area contributed by atoms with Gasteiger partial charge in [0.2, 0.25) is 0 Å². The molecule has 3 N–H and O–H groups in total. The van der Waals surface area contributed by atoms with Crippen LogP contribution in [0.1, 0.15) is 15.9 Å². The van der Waals surface area contributed by atoms with Crippen LogP contribution in [0.15, 0.2) is 48.5 Å². The molecule has 0 aliphatic heterocycles. The fraction of sp³-hybridized carbons (Fsp3) is 0.125. The number of nitrogens with zero attached hydrogens (tertiary/aromatic N) is 1. The van der Waals surface area contributed by atoms with Gasteiger partial charge in [-0.3, -0.25) is 4.79 Å². The van der Waals surface area contributed by atoms with Crippen molar-refractivity contribution in [2.24, 2.45) is 5.73 Å². The highest BCUT2D eigenvalue weighted by molar-refractivity contribution is 7.80. The van der Waals surface area contributed by atoms with E-state index >= 15 is 0 Å². The lowest BCUT2D eigenvalue weighted by atomic mass is 10.1. The number of rotatable bonds is 4. The van der Waals surface area contributed by atoms with Crippen LogP contribution in [0.5, 0.6) is 0 Å². The van der Waals surface area contributed by atoms with Gasteiger partial charge in [-0.1, -0.05) is 24.4 Å². The number of thiocarbonyl (C=S) groups is 1. The van der Waals surface area contributed by atoms with E-state index in [2.05, 4.69) is 5.32 Å². The van der Waals surface area contributed by atoms with E-state index in [1.54, 1.807) is 24.3 Å². The van der Waals surface area contributed by atoms with E-state index in [-0.39, 0.29) is 5.91 Å². The predicted octanol–water partition coefficient (Wildman–Crippen LogP) is 2.64. The number of carbonyl (C=O) groups excluding carboxylic acids is 1. The number of nitrogens with one attached hydrogen (secondary N) is 1. The molecule has 21 heavy (non-hydrogen) atoms. The Morgan fingerprint density at radius 3 is 2.00 bits per heavy atom. The maximum Gasteiger partial charge on any atom is 0.255 e. The van der Waals surface area contributed by atoms with Crippen molar-refractivity contribution < 1.29 is 4.79 Å². The molecule has 0 aliphatic rings. The summed E-state index contributed by atoms with van der Waals surface area (Å²) >= 11 is 4.88. The summed E-state index contributed by atoms with van der Waals surface area (Å²) < 4.78 is 0. The molecule has 0 saturated heterocycles. The maximum atomic E-state index is 12.1. The molecule has 2 rings (SSSR count). The van der Waals surface area contributed by atoms with Crippen molar-refractivity contribution in [3.63, 3.8) is 0 Å². The van der Waals surface area contributed by atoms with Gasteiger partial charge in [-0.25, -0.2) is 0 Å². The summed E-state index contributed by atoms with van der Waals surface area (Å²) in [5.41, 5.74) is 8.67. The molecule has 0 unspecified atom stereocenters. The molecule has 0 saturated carbocycles. The largest absolute Gasteiger partial charge is 0.389 e. The monoisotopic (exact) mass is 299 g/mol. The molecule has 2 aromatic rings. The Balaban J connectivity index is 2.08. The third-order valence-electron chi connectivity index (χ3n) is 3.07. The molecule has 0 atom stereocenters. The number of anilines is 2. The Labute approximate surface area is 129 Å². The van der Waals surface area contributed by atoms with Crippen molar-refractivity contribution in [3.8, 4) is 0 Å². The average Bonchev–Trinajstić information content (AvgIpc) is 2.47. The van der Waals surface area contributed by atoms with Crippen LogP contribution in [-0.2, 0) is 0 Å². The highest BCUT2D eigenvalue weighted by atomic mass is 32.1. The molecule has 0 aromatic heterocycles. The minimum atomic E-state index is -0.165. The summed E-state index contributed by atoms with van der Waals surface area (Å²) in [6, 6.07) is 14.5. The molecular weight excluding hydrogens is 282 g/mol. The van der Waals surface area contributed by atoms with E-state index in [1.165, 1.54) is 0 Å². The zero-order chi connectivity index (χ0) is 15.4. The van der Waals surface area contributed by atoms with Gasteiger partial charge < -0.3 is 16.0 Å². The summed E-state index contributed by atoms with van der Waals surface area (Å²) in [7, 11) is 3.94. The van der Waals surface area contributed by atoms with Crippen molar-refractivity contribution in [1.82, 2.24) is 0 Å². The van der Waals surface area contributed by atoms with Crippen molar-refractivity contribution in [2.75, 3.05) is 24.3 Å². The molecule has 0 heterocycles. The fourth-order valence-electron chi connectivity index (χ4n) is 1.83. The molecule has 108 valence electrons. The van der Waals surface area contributed by atoms with E-state index in [0.29, 0.717) is 10.6 Å². The quantitative estimate of drug-likeness (QED) is 0.852. The van der Waals surface area contributed by atoms with Crippen molar-refractivity contribution in [3.05, 3.63) is 59.7 Å². The highest BCUT2D eigenvalue weighted by Gasteiger charge is 2.07. The normalized spacial score (nSPS) is 10.0. The van der Waals surface area contributed by atoms with E-state index in [0.717, 1.165) is 16.9 Å². The molecule has 2 aromatic carbocycles. The number of benzene rings is 2.